The number of benzene rings is 3. The Morgan fingerprint density at radius 3 is 2.68 bits per heavy atom. The zero-order valence-corrected chi connectivity index (χ0v) is 18.4. The monoisotopic (exact) mass is 472 g/mol. The summed E-state index contributed by atoms with van der Waals surface area (Å²) >= 11 is 6.13. The molecule has 0 saturated carbocycles. The van der Waals surface area contributed by atoms with E-state index in [-0.39, 0.29) is 18.1 Å². The van der Waals surface area contributed by atoms with Crippen molar-refractivity contribution in [2.45, 2.75) is 6.04 Å². The van der Waals surface area contributed by atoms with E-state index in [1.165, 1.54) is 4.90 Å². The summed E-state index contributed by atoms with van der Waals surface area (Å²) in [5.74, 6) is -0.794. The summed E-state index contributed by atoms with van der Waals surface area (Å²) in [6.07, 6.45) is 1.76. The molecule has 1 saturated heterocycles. The Bertz CT molecular complexity index is 1520. The van der Waals surface area contributed by atoms with E-state index in [1.54, 1.807) is 48.7 Å². The molecule has 1 amide bonds. The van der Waals surface area contributed by atoms with Gasteiger partial charge in [0.15, 0.2) is 11.5 Å². The predicted molar refractivity (Wildman–Crippen MR) is 127 cm³/mol. The number of para-hydroxylation sites is 1. The van der Waals surface area contributed by atoms with Crippen molar-refractivity contribution in [2.24, 2.45) is 0 Å². The van der Waals surface area contributed by atoms with Crippen molar-refractivity contribution in [1.82, 2.24) is 4.98 Å². The summed E-state index contributed by atoms with van der Waals surface area (Å²) in [6, 6.07) is 18.3. The first-order valence-corrected chi connectivity index (χ1v) is 10.9. The standard InChI is InChI=1S/C26H17ClN2O5/c27-15-5-3-4-14(10-15)24(30)22-23(18-12-28-19-7-2-1-6-17(18)19)29(26(32)25(22)31)16-8-9-20-21(11-16)34-13-33-20/h1-12,23,28,30H,13H2/b24-22+. The number of fused-ring (bicyclic) bond motifs is 2. The van der Waals surface area contributed by atoms with Gasteiger partial charge in [-0.2, -0.15) is 0 Å². The molecule has 1 aromatic heterocycles. The van der Waals surface area contributed by atoms with Crippen LogP contribution in [-0.2, 0) is 9.59 Å². The van der Waals surface area contributed by atoms with Gasteiger partial charge in [0.2, 0.25) is 6.79 Å². The molecule has 0 aliphatic carbocycles. The lowest BCUT2D eigenvalue weighted by Crippen LogP contribution is -2.29. The Hall–Kier alpha value is -4.23. The number of hydrogen-bond donors (Lipinski definition) is 2. The maximum Gasteiger partial charge on any atom is 0.300 e. The molecule has 2 N–H and O–H groups in total. The molecule has 1 unspecified atom stereocenters. The third kappa shape index (κ3) is 3.05. The van der Waals surface area contributed by atoms with Crippen molar-refractivity contribution in [3.05, 3.63) is 94.6 Å². The average molecular weight is 473 g/mol. The first-order chi connectivity index (χ1) is 16.5. The molecule has 2 aliphatic rings. The van der Waals surface area contributed by atoms with E-state index >= 15 is 0 Å². The number of nitrogens with zero attached hydrogens (tertiary/aromatic N) is 1. The zero-order valence-electron chi connectivity index (χ0n) is 17.6. The van der Waals surface area contributed by atoms with Crippen LogP contribution in [0.3, 0.4) is 0 Å². The van der Waals surface area contributed by atoms with Crippen molar-refractivity contribution in [2.75, 3.05) is 11.7 Å². The number of nitrogens with one attached hydrogen (secondary N) is 1. The Morgan fingerprint density at radius 2 is 1.82 bits per heavy atom. The summed E-state index contributed by atoms with van der Waals surface area (Å²) in [4.78, 5) is 31.3. The van der Waals surface area contributed by atoms with Gasteiger partial charge in [0.25, 0.3) is 11.7 Å². The number of aromatic nitrogens is 1. The van der Waals surface area contributed by atoms with E-state index in [4.69, 9.17) is 21.1 Å². The van der Waals surface area contributed by atoms with Crippen molar-refractivity contribution in [3.63, 3.8) is 0 Å². The highest BCUT2D eigenvalue weighted by Crippen LogP contribution is 2.46. The Morgan fingerprint density at radius 1 is 1.00 bits per heavy atom. The van der Waals surface area contributed by atoms with E-state index < -0.39 is 17.7 Å². The highest BCUT2D eigenvalue weighted by Gasteiger charge is 2.48. The van der Waals surface area contributed by atoms with Crippen LogP contribution in [-0.4, -0.2) is 28.6 Å². The highest BCUT2D eigenvalue weighted by molar-refractivity contribution is 6.52. The molecule has 0 bridgehead atoms. The summed E-state index contributed by atoms with van der Waals surface area (Å²) in [5, 5.41) is 12.5. The van der Waals surface area contributed by atoms with E-state index in [1.807, 2.05) is 24.3 Å². The number of carbonyl (C=O) groups is 2. The van der Waals surface area contributed by atoms with E-state index in [0.717, 1.165) is 10.9 Å². The minimum absolute atomic E-state index is 0.0188. The van der Waals surface area contributed by atoms with Crippen LogP contribution in [0.25, 0.3) is 16.7 Å². The number of carbonyl (C=O) groups excluding carboxylic acids is 2. The number of hydrogen-bond acceptors (Lipinski definition) is 5. The van der Waals surface area contributed by atoms with Gasteiger partial charge in [0.05, 0.1) is 11.6 Å². The van der Waals surface area contributed by atoms with Gasteiger partial charge in [0.1, 0.15) is 5.76 Å². The maximum absolute atomic E-state index is 13.4. The quantitative estimate of drug-likeness (QED) is 0.243. The van der Waals surface area contributed by atoms with Crippen molar-refractivity contribution < 1.29 is 24.2 Å². The molecule has 4 aromatic rings. The normalized spacial score (nSPS) is 18.7. The molecule has 3 aromatic carbocycles. The smallest absolute Gasteiger partial charge is 0.300 e. The maximum atomic E-state index is 13.4. The van der Waals surface area contributed by atoms with Crippen molar-refractivity contribution >= 4 is 45.6 Å². The number of aliphatic hydroxyl groups excluding tert-OH is 1. The molecule has 1 fully saturated rings. The minimum atomic E-state index is -0.879. The average Bonchev–Trinajstić information content (AvgIpc) is 3.55. The fourth-order valence-electron chi connectivity index (χ4n) is 4.54. The fraction of sp³-hybridized carbons (Fsp3) is 0.0769. The molecule has 168 valence electrons. The third-order valence-corrected chi connectivity index (χ3v) is 6.33. The van der Waals surface area contributed by atoms with Crippen LogP contribution in [0.4, 0.5) is 5.69 Å². The van der Waals surface area contributed by atoms with Gasteiger partial charge in [-0.05, 0) is 30.3 Å². The Kier molecular flexibility index (Phi) is 4.60. The number of Topliss-reactive ketones (excluding diaryl/α,β-unsaturated/α-hetero) is 1. The number of anilines is 1. The number of rotatable bonds is 3. The van der Waals surface area contributed by atoms with E-state index in [2.05, 4.69) is 4.98 Å². The molecular formula is C26H17ClN2O5. The molecule has 1 atom stereocenters. The van der Waals surface area contributed by atoms with Gasteiger partial charge in [0, 0.05) is 45.0 Å². The second-order valence-electron chi connectivity index (χ2n) is 8.01. The van der Waals surface area contributed by atoms with Crippen LogP contribution in [0.15, 0.2) is 78.5 Å². The van der Waals surface area contributed by atoms with Gasteiger partial charge in [-0.15, -0.1) is 0 Å². The van der Waals surface area contributed by atoms with Gasteiger partial charge in [-0.3, -0.25) is 14.5 Å². The lowest BCUT2D eigenvalue weighted by Gasteiger charge is -2.25. The van der Waals surface area contributed by atoms with E-state index in [0.29, 0.717) is 33.3 Å². The van der Waals surface area contributed by atoms with Crippen LogP contribution in [0.2, 0.25) is 5.02 Å². The first kappa shape index (κ1) is 20.4. The van der Waals surface area contributed by atoms with Gasteiger partial charge < -0.3 is 19.6 Å². The van der Waals surface area contributed by atoms with Crippen LogP contribution in [0.1, 0.15) is 17.2 Å². The van der Waals surface area contributed by atoms with Crippen molar-refractivity contribution in [3.8, 4) is 11.5 Å². The molecule has 0 radical (unpaired) electrons. The lowest BCUT2D eigenvalue weighted by atomic mass is 9.94. The number of aliphatic hydroxyl groups is 1. The molecule has 8 heteroatoms. The summed E-state index contributed by atoms with van der Waals surface area (Å²) in [5.41, 5.74) is 2.30. The molecule has 7 nitrogen and oxygen atoms in total. The van der Waals surface area contributed by atoms with Crippen LogP contribution in [0, 0.1) is 0 Å². The Labute approximate surface area is 198 Å². The van der Waals surface area contributed by atoms with Crippen LogP contribution >= 0.6 is 11.6 Å². The summed E-state index contributed by atoms with van der Waals surface area (Å²) < 4.78 is 10.9. The SMILES string of the molecule is O=C1C(=O)N(c2ccc3c(c2)OCO3)C(c2c[nH]c3ccccc23)/C1=C(\O)c1cccc(Cl)c1. The van der Waals surface area contributed by atoms with Crippen molar-refractivity contribution in [1.29, 1.82) is 0 Å². The first-order valence-electron chi connectivity index (χ1n) is 10.6. The second-order valence-corrected chi connectivity index (χ2v) is 8.44. The minimum Gasteiger partial charge on any atom is -0.507 e. The molecule has 2 aliphatic heterocycles. The molecule has 0 spiro atoms. The number of H-pyrrole nitrogens is 1. The number of halogens is 1. The zero-order chi connectivity index (χ0) is 23.4. The number of amides is 1. The molecular weight excluding hydrogens is 456 g/mol. The topological polar surface area (TPSA) is 91.9 Å². The Balaban J connectivity index is 1.60. The summed E-state index contributed by atoms with van der Waals surface area (Å²) in [6.45, 7) is 0.0816. The largest absolute Gasteiger partial charge is 0.507 e. The van der Waals surface area contributed by atoms with Gasteiger partial charge >= 0.3 is 0 Å². The predicted octanol–water partition coefficient (Wildman–Crippen LogP) is 5.18. The molecule has 3 heterocycles. The third-order valence-electron chi connectivity index (χ3n) is 6.09. The molecule has 34 heavy (non-hydrogen) atoms. The number of ether oxygens (including phenoxy) is 2. The highest BCUT2D eigenvalue weighted by atomic mass is 35.5. The van der Waals surface area contributed by atoms with Gasteiger partial charge in [-0.1, -0.05) is 41.9 Å². The summed E-state index contributed by atoms with van der Waals surface area (Å²) in [7, 11) is 0. The van der Waals surface area contributed by atoms with Gasteiger partial charge in [-0.25, -0.2) is 0 Å². The number of ketones is 1. The molecule has 6 rings (SSSR count). The lowest BCUT2D eigenvalue weighted by molar-refractivity contribution is -0.132. The fourth-order valence-corrected chi connectivity index (χ4v) is 4.73. The second kappa shape index (κ2) is 7.67. The number of aromatic amines is 1. The van der Waals surface area contributed by atoms with E-state index in [9.17, 15) is 14.7 Å². The van der Waals surface area contributed by atoms with Crippen LogP contribution < -0.4 is 14.4 Å². The van der Waals surface area contributed by atoms with Crippen LogP contribution in [0.5, 0.6) is 11.5 Å².